The highest BCUT2D eigenvalue weighted by molar-refractivity contribution is 5.95. The van der Waals surface area contributed by atoms with Crippen LogP contribution < -0.4 is 24.4 Å². The second-order valence-corrected chi connectivity index (χ2v) is 8.69. The standard InChI is InChI=1S/C31H29N3O7/c1-3-39-30-18-25(12-16-28(30)41-20-22-7-5-4-6-8-22)31(35)33-32-19-24-11-15-27(29(17-24)38-2)40-21-23-9-13-26(14-10-23)34(36)37/h4-19H,3,20-21H2,1-2H3,(H,33,35)/b32-19+. The van der Waals surface area contributed by atoms with Crippen LogP contribution in [0.5, 0.6) is 23.0 Å². The number of rotatable bonds is 13. The highest BCUT2D eigenvalue weighted by Crippen LogP contribution is 2.30. The highest BCUT2D eigenvalue weighted by Gasteiger charge is 2.12. The Morgan fingerprint density at radius 2 is 1.49 bits per heavy atom. The van der Waals surface area contributed by atoms with E-state index in [4.69, 9.17) is 18.9 Å². The van der Waals surface area contributed by atoms with Gasteiger partial charge in [0, 0.05) is 17.7 Å². The number of benzene rings is 4. The Kier molecular flexibility index (Phi) is 9.87. The van der Waals surface area contributed by atoms with Crippen LogP contribution in [0.25, 0.3) is 0 Å². The van der Waals surface area contributed by atoms with Crippen LogP contribution in [0.1, 0.15) is 34.0 Å². The summed E-state index contributed by atoms with van der Waals surface area (Å²) >= 11 is 0. The molecule has 1 N–H and O–H groups in total. The van der Waals surface area contributed by atoms with Crippen molar-refractivity contribution in [2.24, 2.45) is 5.10 Å². The second kappa shape index (κ2) is 14.1. The summed E-state index contributed by atoms with van der Waals surface area (Å²) in [5.74, 6) is 1.55. The molecule has 41 heavy (non-hydrogen) atoms. The van der Waals surface area contributed by atoms with E-state index in [9.17, 15) is 14.9 Å². The van der Waals surface area contributed by atoms with Gasteiger partial charge in [0.05, 0.1) is 24.9 Å². The maximum atomic E-state index is 12.7. The summed E-state index contributed by atoms with van der Waals surface area (Å²) in [5.41, 5.74) is 5.36. The molecule has 0 unspecified atom stereocenters. The van der Waals surface area contributed by atoms with E-state index in [-0.39, 0.29) is 12.3 Å². The molecule has 4 aromatic rings. The van der Waals surface area contributed by atoms with Gasteiger partial charge in [0.2, 0.25) is 0 Å². The number of hydrogen-bond donors (Lipinski definition) is 1. The van der Waals surface area contributed by atoms with Gasteiger partial charge in [-0.1, -0.05) is 30.3 Å². The zero-order valence-electron chi connectivity index (χ0n) is 22.6. The molecule has 0 saturated heterocycles. The molecule has 4 aromatic carbocycles. The number of amides is 1. The molecule has 0 aliphatic carbocycles. The van der Waals surface area contributed by atoms with Crippen molar-refractivity contribution in [1.82, 2.24) is 5.43 Å². The Hall–Kier alpha value is -5.38. The van der Waals surface area contributed by atoms with Gasteiger partial charge in [0.15, 0.2) is 23.0 Å². The van der Waals surface area contributed by atoms with Crippen LogP contribution in [-0.4, -0.2) is 30.8 Å². The van der Waals surface area contributed by atoms with Crippen molar-refractivity contribution in [3.05, 3.63) is 123 Å². The fourth-order valence-corrected chi connectivity index (χ4v) is 3.76. The largest absolute Gasteiger partial charge is 0.493 e. The average Bonchev–Trinajstić information content (AvgIpc) is 3.00. The Morgan fingerprint density at radius 3 is 2.15 bits per heavy atom. The number of methoxy groups -OCH3 is 1. The minimum Gasteiger partial charge on any atom is -0.493 e. The molecule has 0 aliphatic rings. The van der Waals surface area contributed by atoms with E-state index in [1.54, 1.807) is 48.5 Å². The molecule has 0 radical (unpaired) electrons. The van der Waals surface area contributed by atoms with Crippen LogP contribution in [0, 0.1) is 10.1 Å². The molecule has 1 amide bonds. The molecule has 10 nitrogen and oxygen atoms in total. The molecule has 10 heteroatoms. The molecule has 0 spiro atoms. The SMILES string of the molecule is CCOc1cc(C(=O)N/N=C/c2ccc(OCc3ccc([N+](=O)[O-])cc3)c(OC)c2)ccc1OCc1ccccc1. The fourth-order valence-electron chi connectivity index (χ4n) is 3.76. The number of non-ortho nitro benzene ring substituents is 1. The van der Waals surface area contributed by atoms with Crippen molar-refractivity contribution < 1.29 is 28.7 Å². The van der Waals surface area contributed by atoms with Crippen molar-refractivity contribution in [1.29, 1.82) is 0 Å². The van der Waals surface area contributed by atoms with Gasteiger partial charge in [-0.25, -0.2) is 5.43 Å². The summed E-state index contributed by atoms with van der Waals surface area (Å²) in [6.07, 6.45) is 1.49. The van der Waals surface area contributed by atoms with E-state index in [2.05, 4.69) is 10.5 Å². The molecule has 210 valence electrons. The van der Waals surface area contributed by atoms with Crippen molar-refractivity contribution in [3.8, 4) is 23.0 Å². The lowest BCUT2D eigenvalue weighted by molar-refractivity contribution is -0.384. The van der Waals surface area contributed by atoms with Crippen LogP contribution in [0.3, 0.4) is 0 Å². The number of carbonyl (C=O) groups excluding carboxylic acids is 1. The minimum atomic E-state index is -0.451. The van der Waals surface area contributed by atoms with Gasteiger partial charge in [-0.2, -0.15) is 5.10 Å². The Balaban J connectivity index is 1.35. The molecule has 4 rings (SSSR count). The summed E-state index contributed by atoms with van der Waals surface area (Å²) < 4.78 is 22.8. The zero-order chi connectivity index (χ0) is 29.0. The molecule has 0 aromatic heterocycles. The molecule has 0 bridgehead atoms. The Morgan fingerprint density at radius 1 is 0.829 bits per heavy atom. The molecule has 0 saturated carbocycles. The zero-order valence-corrected chi connectivity index (χ0v) is 22.6. The lowest BCUT2D eigenvalue weighted by Crippen LogP contribution is -2.17. The van der Waals surface area contributed by atoms with Crippen LogP contribution >= 0.6 is 0 Å². The highest BCUT2D eigenvalue weighted by atomic mass is 16.6. The van der Waals surface area contributed by atoms with Crippen molar-refractivity contribution >= 4 is 17.8 Å². The number of nitro groups is 1. The second-order valence-electron chi connectivity index (χ2n) is 8.69. The topological polar surface area (TPSA) is 122 Å². The summed E-state index contributed by atoms with van der Waals surface area (Å²) in [6, 6.07) is 26.1. The molecule has 0 atom stereocenters. The molecular weight excluding hydrogens is 526 g/mol. The Labute approximate surface area is 237 Å². The van der Waals surface area contributed by atoms with Crippen LogP contribution in [-0.2, 0) is 13.2 Å². The van der Waals surface area contributed by atoms with E-state index in [0.29, 0.717) is 47.3 Å². The first-order valence-corrected chi connectivity index (χ1v) is 12.8. The first kappa shape index (κ1) is 28.6. The summed E-state index contributed by atoms with van der Waals surface area (Å²) in [4.78, 5) is 23.1. The number of nitrogens with one attached hydrogen (secondary N) is 1. The summed E-state index contributed by atoms with van der Waals surface area (Å²) in [7, 11) is 1.51. The third-order valence-corrected chi connectivity index (χ3v) is 5.85. The van der Waals surface area contributed by atoms with E-state index in [1.807, 2.05) is 37.3 Å². The molecule has 0 aliphatic heterocycles. The predicted molar refractivity (Wildman–Crippen MR) is 154 cm³/mol. The van der Waals surface area contributed by atoms with E-state index in [0.717, 1.165) is 11.1 Å². The molecule has 0 fully saturated rings. The van der Waals surface area contributed by atoms with Gasteiger partial charge in [0.1, 0.15) is 13.2 Å². The lowest BCUT2D eigenvalue weighted by atomic mass is 10.2. The van der Waals surface area contributed by atoms with Gasteiger partial charge in [0.25, 0.3) is 11.6 Å². The van der Waals surface area contributed by atoms with Crippen LogP contribution in [0.15, 0.2) is 96.1 Å². The number of hydrogen-bond acceptors (Lipinski definition) is 8. The smallest absolute Gasteiger partial charge is 0.271 e. The molecule has 0 heterocycles. The van der Waals surface area contributed by atoms with Crippen LogP contribution in [0.2, 0.25) is 0 Å². The van der Waals surface area contributed by atoms with E-state index < -0.39 is 10.8 Å². The van der Waals surface area contributed by atoms with Gasteiger partial charge in [-0.3, -0.25) is 14.9 Å². The molecular formula is C31H29N3O7. The van der Waals surface area contributed by atoms with Gasteiger partial charge < -0.3 is 18.9 Å². The normalized spacial score (nSPS) is 10.7. The first-order valence-electron chi connectivity index (χ1n) is 12.8. The van der Waals surface area contributed by atoms with Crippen molar-refractivity contribution in [2.75, 3.05) is 13.7 Å². The lowest BCUT2D eigenvalue weighted by Gasteiger charge is -2.13. The van der Waals surface area contributed by atoms with Crippen LogP contribution in [0.4, 0.5) is 5.69 Å². The summed E-state index contributed by atoms with van der Waals surface area (Å²) in [5, 5.41) is 14.9. The maximum absolute atomic E-state index is 12.7. The average molecular weight is 556 g/mol. The van der Waals surface area contributed by atoms with E-state index >= 15 is 0 Å². The number of hydrazone groups is 1. The number of nitrogens with zero attached hydrogens (tertiary/aromatic N) is 2. The minimum absolute atomic E-state index is 0.0154. The fraction of sp³-hybridized carbons (Fsp3) is 0.161. The predicted octanol–water partition coefficient (Wildman–Crippen LogP) is 5.92. The summed E-state index contributed by atoms with van der Waals surface area (Å²) in [6.45, 7) is 2.86. The number of carbonyl (C=O) groups is 1. The number of ether oxygens (including phenoxy) is 4. The number of nitro benzene ring substituents is 1. The van der Waals surface area contributed by atoms with Gasteiger partial charge in [-0.05, 0) is 72.1 Å². The first-order chi connectivity index (χ1) is 20.0. The van der Waals surface area contributed by atoms with Crippen molar-refractivity contribution in [2.45, 2.75) is 20.1 Å². The van der Waals surface area contributed by atoms with Crippen molar-refractivity contribution in [3.63, 3.8) is 0 Å². The van der Waals surface area contributed by atoms with E-state index in [1.165, 1.54) is 25.5 Å². The third-order valence-electron chi connectivity index (χ3n) is 5.85. The van der Waals surface area contributed by atoms with Gasteiger partial charge in [-0.15, -0.1) is 0 Å². The third kappa shape index (κ3) is 8.06. The van der Waals surface area contributed by atoms with Gasteiger partial charge >= 0.3 is 0 Å². The maximum Gasteiger partial charge on any atom is 0.271 e. The Bertz CT molecular complexity index is 1510. The quantitative estimate of drug-likeness (QED) is 0.123. The monoisotopic (exact) mass is 555 g/mol.